The zero-order chi connectivity index (χ0) is 14.4. The third-order valence-electron chi connectivity index (χ3n) is 3.00. The van der Waals surface area contributed by atoms with E-state index in [2.05, 4.69) is 21.8 Å². The zero-order valence-corrected chi connectivity index (χ0v) is 12.6. The Morgan fingerprint density at radius 2 is 2.45 bits per heavy atom. The van der Waals surface area contributed by atoms with Gasteiger partial charge in [0.25, 0.3) is 0 Å². The molecule has 106 valence electrons. The third kappa shape index (κ3) is 4.35. The van der Waals surface area contributed by atoms with E-state index in [1.165, 1.54) is 0 Å². The van der Waals surface area contributed by atoms with Crippen LogP contribution in [0.4, 0.5) is 0 Å². The summed E-state index contributed by atoms with van der Waals surface area (Å²) in [6.07, 6.45) is 7.18. The number of hydrogen-bond acceptors (Lipinski definition) is 3. The first-order valence-corrected chi connectivity index (χ1v) is 7.50. The summed E-state index contributed by atoms with van der Waals surface area (Å²) in [4.78, 5) is 17.0. The number of amides is 1. The number of imidazole rings is 1. The van der Waals surface area contributed by atoms with E-state index in [9.17, 15) is 4.79 Å². The van der Waals surface area contributed by atoms with E-state index in [1.54, 1.807) is 23.6 Å². The van der Waals surface area contributed by atoms with E-state index in [1.807, 2.05) is 36.7 Å². The molecule has 0 aliphatic heterocycles. The highest BCUT2D eigenvalue weighted by molar-refractivity contribution is 7.10. The van der Waals surface area contributed by atoms with Crippen molar-refractivity contribution >= 4 is 23.3 Å². The summed E-state index contributed by atoms with van der Waals surface area (Å²) in [6.45, 7) is 5.61. The molecular formula is C15H19N3OS. The van der Waals surface area contributed by atoms with Gasteiger partial charge >= 0.3 is 0 Å². The van der Waals surface area contributed by atoms with Crippen LogP contribution in [-0.4, -0.2) is 22.0 Å². The van der Waals surface area contributed by atoms with Crippen molar-refractivity contribution in [2.75, 3.05) is 6.54 Å². The van der Waals surface area contributed by atoms with E-state index in [0.29, 0.717) is 12.5 Å². The molecule has 0 saturated heterocycles. The van der Waals surface area contributed by atoms with Gasteiger partial charge in [-0.2, -0.15) is 0 Å². The molecule has 2 rings (SSSR count). The van der Waals surface area contributed by atoms with Crippen molar-refractivity contribution in [2.45, 2.75) is 20.4 Å². The summed E-state index contributed by atoms with van der Waals surface area (Å²) in [6, 6.07) is 3.96. The van der Waals surface area contributed by atoms with Gasteiger partial charge in [-0.1, -0.05) is 13.0 Å². The summed E-state index contributed by atoms with van der Waals surface area (Å²) in [5.74, 6) is 1.32. The topological polar surface area (TPSA) is 46.9 Å². The number of aromatic nitrogens is 2. The molecule has 0 fully saturated rings. The maximum atomic E-state index is 11.7. The Balaban J connectivity index is 1.74. The van der Waals surface area contributed by atoms with Crippen LogP contribution in [0.15, 0.2) is 36.0 Å². The highest BCUT2D eigenvalue weighted by atomic mass is 32.1. The van der Waals surface area contributed by atoms with Crippen LogP contribution in [0.1, 0.15) is 17.6 Å². The van der Waals surface area contributed by atoms with Crippen LogP contribution in [0, 0.1) is 12.8 Å². The van der Waals surface area contributed by atoms with E-state index in [4.69, 9.17) is 0 Å². The molecule has 0 aliphatic carbocycles. The fourth-order valence-electron chi connectivity index (χ4n) is 1.87. The second-order valence-corrected chi connectivity index (χ2v) is 5.81. The van der Waals surface area contributed by atoms with Crippen LogP contribution in [-0.2, 0) is 11.3 Å². The van der Waals surface area contributed by atoms with Crippen molar-refractivity contribution in [3.8, 4) is 0 Å². The predicted octanol–water partition coefficient (Wildman–Crippen LogP) is 2.72. The van der Waals surface area contributed by atoms with Crippen LogP contribution < -0.4 is 5.32 Å². The molecule has 2 aromatic rings. The minimum Gasteiger partial charge on any atom is -0.352 e. The molecular weight excluding hydrogens is 270 g/mol. The monoisotopic (exact) mass is 289 g/mol. The lowest BCUT2D eigenvalue weighted by Crippen LogP contribution is -2.28. The largest absolute Gasteiger partial charge is 0.352 e. The Hall–Kier alpha value is -1.88. The molecule has 0 aliphatic rings. The van der Waals surface area contributed by atoms with Crippen LogP contribution in [0.25, 0.3) is 6.08 Å². The SMILES string of the molecule is Cc1nccn1CC(C)CNC(=O)C=Cc1cccs1. The van der Waals surface area contributed by atoms with E-state index < -0.39 is 0 Å². The molecule has 0 spiro atoms. The van der Waals surface area contributed by atoms with Crippen molar-refractivity contribution in [2.24, 2.45) is 5.92 Å². The molecule has 0 radical (unpaired) electrons. The molecule has 0 aromatic carbocycles. The van der Waals surface area contributed by atoms with Gasteiger partial charge in [-0.05, 0) is 30.4 Å². The first-order valence-electron chi connectivity index (χ1n) is 6.62. The van der Waals surface area contributed by atoms with Crippen LogP contribution in [0.2, 0.25) is 0 Å². The number of nitrogens with zero attached hydrogens (tertiary/aromatic N) is 2. The molecule has 0 saturated carbocycles. The number of nitrogens with one attached hydrogen (secondary N) is 1. The maximum Gasteiger partial charge on any atom is 0.244 e. The van der Waals surface area contributed by atoms with Gasteiger partial charge in [0.05, 0.1) is 0 Å². The Morgan fingerprint density at radius 3 is 3.10 bits per heavy atom. The standard InChI is InChI=1S/C15H19N3OS/c1-12(11-18-8-7-16-13(18)2)10-17-15(19)6-5-14-4-3-9-20-14/h3-9,12H,10-11H2,1-2H3,(H,17,19). The lowest BCUT2D eigenvalue weighted by Gasteiger charge is -2.13. The van der Waals surface area contributed by atoms with Crippen molar-refractivity contribution in [1.82, 2.24) is 14.9 Å². The lowest BCUT2D eigenvalue weighted by molar-refractivity contribution is -0.116. The first kappa shape index (κ1) is 14.5. The van der Waals surface area contributed by atoms with Crippen molar-refractivity contribution in [3.63, 3.8) is 0 Å². The van der Waals surface area contributed by atoms with Gasteiger partial charge < -0.3 is 9.88 Å². The molecule has 2 heterocycles. The third-order valence-corrected chi connectivity index (χ3v) is 3.84. The number of thiophene rings is 1. The quantitative estimate of drug-likeness (QED) is 0.831. The number of aryl methyl sites for hydroxylation is 1. The van der Waals surface area contributed by atoms with Gasteiger partial charge in [0, 0.05) is 36.4 Å². The first-order chi connectivity index (χ1) is 9.65. The molecule has 5 heteroatoms. The summed E-state index contributed by atoms with van der Waals surface area (Å²) in [7, 11) is 0. The fourth-order valence-corrected chi connectivity index (χ4v) is 2.49. The van der Waals surface area contributed by atoms with Crippen LogP contribution >= 0.6 is 11.3 Å². The molecule has 4 nitrogen and oxygen atoms in total. The second kappa shape index (κ2) is 7.05. The zero-order valence-electron chi connectivity index (χ0n) is 11.7. The van der Waals surface area contributed by atoms with Gasteiger partial charge in [0.15, 0.2) is 0 Å². The summed E-state index contributed by atoms with van der Waals surface area (Å²) in [5, 5.41) is 4.92. The predicted molar refractivity (Wildman–Crippen MR) is 82.5 cm³/mol. The summed E-state index contributed by atoms with van der Waals surface area (Å²) >= 11 is 1.62. The van der Waals surface area contributed by atoms with Crippen molar-refractivity contribution in [3.05, 3.63) is 46.7 Å². The van der Waals surface area contributed by atoms with E-state index in [0.717, 1.165) is 17.2 Å². The van der Waals surface area contributed by atoms with Crippen LogP contribution in [0.3, 0.4) is 0 Å². The average molecular weight is 289 g/mol. The Kier molecular flexibility index (Phi) is 5.12. The number of carbonyl (C=O) groups is 1. The molecule has 0 bridgehead atoms. The van der Waals surface area contributed by atoms with Gasteiger partial charge in [-0.25, -0.2) is 4.98 Å². The molecule has 1 unspecified atom stereocenters. The lowest BCUT2D eigenvalue weighted by atomic mass is 10.2. The van der Waals surface area contributed by atoms with E-state index in [-0.39, 0.29) is 5.91 Å². The fraction of sp³-hybridized carbons (Fsp3) is 0.333. The maximum absolute atomic E-state index is 11.7. The average Bonchev–Trinajstić information content (AvgIpc) is 3.07. The van der Waals surface area contributed by atoms with Crippen LogP contribution in [0.5, 0.6) is 0 Å². The Labute approximate surface area is 123 Å². The summed E-state index contributed by atoms with van der Waals surface area (Å²) < 4.78 is 2.10. The Morgan fingerprint density at radius 1 is 1.60 bits per heavy atom. The smallest absolute Gasteiger partial charge is 0.244 e. The highest BCUT2D eigenvalue weighted by Crippen LogP contribution is 2.09. The molecule has 1 amide bonds. The van der Waals surface area contributed by atoms with Crippen molar-refractivity contribution < 1.29 is 4.79 Å². The minimum atomic E-state index is -0.0485. The number of carbonyl (C=O) groups excluding carboxylic acids is 1. The van der Waals surface area contributed by atoms with Gasteiger partial charge in [-0.15, -0.1) is 11.3 Å². The van der Waals surface area contributed by atoms with Crippen molar-refractivity contribution in [1.29, 1.82) is 0 Å². The normalized spacial score (nSPS) is 12.7. The van der Waals surface area contributed by atoms with E-state index >= 15 is 0 Å². The Bertz CT molecular complexity index is 572. The molecule has 1 atom stereocenters. The molecule has 20 heavy (non-hydrogen) atoms. The van der Waals surface area contributed by atoms with Gasteiger partial charge in [0.2, 0.25) is 5.91 Å². The second-order valence-electron chi connectivity index (χ2n) is 4.83. The number of hydrogen-bond donors (Lipinski definition) is 1. The molecule has 2 aromatic heterocycles. The van der Waals surface area contributed by atoms with Gasteiger partial charge in [-0.3, -0.25) is 4.79 Å². The summed E-state index contributed by atoms with van der Waals surface area (Å²) in [5.41, 5.74) is 0. The molecule has 1 N–H and O–H groups in total. The minimum absolute atomic E-state index is 0.0485. The van der Waals surface area contributed by atoms with Gasteiger partial charge in [0.1, 0.15) is 5.82 Å². The highest BCUT2D eigenvalue weighted by Gasteiger charge is 2.06. The number of rotatable bonds is 6.